The van der Waals surface area contributed by atoms with Crippen molar-refractivity contribution in [2.45, 2.75) is 110 Å². The molecule has 0 N–H and O–H groups in total. The molecule has 0 aliphatic rings. The lowest BCUT2D eigenvalue weighted by molar-refractivity contribution is -0.146. The molecule has 5 heteroatoms. The van der Waals surface area contributed by atoms with Crippen LogP contribution in [0, 0.1) is 0 Å². The van der Waals surface area contributed by atoms with E-state index in [2.05, 4.69) is 13.8 Å². The summed E-state index contributed by atoms with van der Waals surface area (Å²) in [4.78, 5) is 23.1. The van der Waals surface area contributed by atoms with Crippen molar-refractivity contribution in [1.29, 1.82) is 0 Å². The summed E-state index contributed by atoms with van der Waals surface area (Å²) in [6.45, 7) is 5.59. The molecule has 5 nitrogen and oxygen atoms in total. The molecule has 0 rings (SSSR count). The fraction of sp³-hybridized carbons (Fsp3) is 0.913. The number of hydrogen-bond acceptors (Lipinski definition) is 5. The molecule has 166 valence electrons. The lowest BCUT2D eigenvalue weighted by atomic mass is 10.1. The lowest BCUT2D eigenvalue weighted by Crippen LogP contribution is -2.14. The molecule has 0 spiro atoms. The first-order chi connectivity index (χ1) is 13.7. The number of ether oxygens (including phenoxy) is 3. The maximum absolute atomic E-state index is 11.6. The monoisotopic (exact) mass is 400 g/mol. The maximum atomic E-state index is 11.6. The van der Waals surface area contributed by atoms with E-state index in [0.717, 1.165) is 38.5 Å². The Labute approximate surface area is 172 Å². The van der Waals surface area contributed by atoms with Gasteiger partial charge in [-0.15, -0.1) is 0 Å². The van der Waals surface area contributed by atoms with Crippen LogP contribution in [0.5, 0.6) is 0 Å². The van der Waals surface area contributed by atoms with E-state index in [1.807, 2.05) is 0 Å². The van der Waals surface area contributed by atoms with Crippen LogP contribution >= 0.6 is 0 Å². The van der Waals surface area contributed by atoms with Crippen molar-refractivity contribution in [3.05, 3.63) is 0 Å². The largest absolute Gasteiger partial charge is 0.463 e. The van der Waals surface area contributed by atoms with E-state index >= 15 is 0 Å². The molecule has 0 amide bonds. The third kappa shape index (κ3) is 21.2. The van der Waals surface area contributed by atoms with Gasteiger partial charge in [-0.25, -0.2) is 0 Å². The smallest absolute Gasteiger partial charge is 0.305 e. The number of esters is 2. The van der Waals surface area contributed by atoms with Crippen LogP contribution in [0.15, 0.2) is 0 Å². The quantitative estimate of drug-likeness (QED) is 0.175. The molecule has 0 saturated carbocycles. The highest BCUT2D eigenvalue weighted by Gasteiger charge is 2.04. The molecule has 0 radical (unpaired) electrons. The van der Waals surface area contributed by atoms with Gasteiger partial charge in [0.05, 0.1) is 13.2 Å². The minimum atomic E-state index is -0.160. The standard InChI is InChI=1S/C23H44O5/c1-3-5-7-9-10-11-12-13-15-17-23(25)28-21-19-26-18-20-27-22(24)16-14-8-6-4-2/h3-21H2,1-2H3. The summed E-state index contributed by atoms with van der Waals surface area (Å²) < 4.78 is 15.6. The van der Waals surface area contributed by atoms with Crippen molar-refractivity contribution in [2.24, 2.45) is 0 Å². The summed E-state index contributed by atoms with van der Waals surface area (Å²) in [5.74, 6) is -0.308. The average molecular weight is 401 g/mol. The molecule has 0 heterocycles. The molecule has 0 bridgehead atoms. The minimum absolute atomic E-state index is 0.148. The Morgan fingerprint density at radius 3 is 1.29 bits per heavy atom. The molecule has 0 aliphatic heterocycles. The number of hydrogen-bond donors (Lipinski definition) is 0. The predicted octanol–water partition coefficient (Wildman–Crippen LogP) is 5.98. The van der Waals surface area contributed by atoms with E-state index in [1.165, 1.54) is 44.9 Å². The van der Waals surface area contributed by atoms with Crippen LogP contribution in [0.4, 0.5) is 0 Å². The molecule has 28 heavy (non-hydrogen) atoms. The first-order valence-corrected chi connectivity index (χ1v) is 11.6. The second-order valence-electron chi connectivity index (χ2n) is 7.44. The van der Waals surface area contributed by atoms with E-state index in [4.69, 9.17) is 14.2 Å². The third-order valence-electron chi connectivity index (χ3n) is 4.70. The molecular formula is C23H44O5. The Kier molecular flexibility index (Phi) is 21.3. The van der Waals surface area contributed by atoms with Gasteiger partial charge in [-0.2, -0.15) is 0 Å². The zero-order valence-corrected chi connectivity index (χ0v) is 18.5. The van der Waals surface area contributed by atoms with Gasteiger partial charge in [-0.05, 0) is 12.8 Å². The van der Waals surface area contributed by atoms with Crippen LogP contribution in [0.3, 0.4) is 0 Å². The second kappa shape index (κ2) is 22.2. The van der Waals surface area contributed by atoms with Crippen LogP contribution in [0.2, 0.25) is 0 Å². The SMILES string of the molecule is CCCCCCCCCCCC(=O)OCCOCCOC(=O)CCCCCC. The van der Waals surface area contributed by atoms with Crippen molar-refractivity contribution in [3.8, 4) is 0 Å². The molecule has 0 saturated heterocycles. The van der Waals surface area contributed by atoms with Crippen LogP contribution in [-0.4, -0.2) is 38.4 Å². The van der Waals surface area contributed by atoms with Crippen molar-refractivity contribution < 1.29 is 23.8 Å². The highest BCUT2D eigenvalue weighted by atomic mass is 16.6. The van der Waals surface area contributed by atoms with Crippen molar-refractivity contribution >= 4 is 11.9 Å². The van der Waals surface area contributed by atoms with Gasteiger partial charge in [0.15, 0.2) is 0 Å². The van der Waals surface area contributed by atoms with Gasteiger partial charge in [-0.3, -0.25) is 9.59 Å². The zero-order valence-electron chi connectivity index (χ0n) is 18.5. The predicted molar refractivity (Wildman–Crippen MR) is 113 cm³/mol. The Hall–Kier alpha value is -1.10. The number of unbranched alkanes of at least 4 members (excludes halogenated alkanes) is 11. The van der Waals surface area contributed by atoms with Crippen LogP contribution in [-0.2, 0) is 23.8 Å². The molecule has 0 aromatic heterocycles. The van der Waals surface area contributed by atoms with Crippen LogP contribution in [0.1, 0.15) is 110 Å². The summed E-state index contributed by atoms with van der Waals surface area (Å²) in [6, 6.07) is 0. The Morgan fingerprint density at radius 1 is 0.500 bits per heavy atom. The highest BCUT2D eigenvalue weighted by molar-refractivity contribution is 5.69. The van der Waals surface area contributed by atoms with Gasteiger partial charge in [0.1, 0.15) is 13.2 Å². The molecular weight excluding hydrogens is 356 g/mol. The molecule has 0 aromatic carbocycles. The normalized spacial score (nSPS) is 10.8. The van der Waals surface area contributed by atoms with E-state index in [0.29, 0.717) is 26.1 Å². The first-order valence-electron chi connectivity index (χ1n) is 11.6. The molecule has 0 aliphatic carbocycles. The fourth-order valence-electron chi connectivity index (χ4n) is 2.95. The summed E-state index contributed by atoms with van der Waals surface area (Å²) in [7, 11) is 0. The van der Waals surface area contributed by atoms with Gasteiger partial charge in [0, 0.05) is 12.8 Å². The number of carbonyl (C=O) groups is 2. The molecule has 0 aromatic rings. The summed E-state index contributed by atoms with van der Waals surface area (Å²) in [5.41, 5.74) is 0. The van der Waals surface area contributed by atoms with E-state index in [9.17, 15) is 9.59 Å². The van der Waals surface area contributed by atoms with E-state index in [1.54, 1.807) is 0 Å². The lowest BCUT2D eigenvalue weighted by Gasteiger charge is -2.07. The Balaban J connectivity index is 3.25. The molecule has 0 unspecified atom stereocenters. The van der Waals surface area contributed by atoms with Gasteiger partial charge in [-0.1, -0.05) is 84.5 Å². The van der Waals surface area contributed by atoms with Gasteiger partial charge in [0.2, 0.25) is 0 Å². The van der Waals surface area contributed by atoms with Gasteiger partial charge < -0.3 is 14.2 Å². The van der Waals surface area contributed by atoms with Crippen molar-refractivity contribution in [2.75, 3.05) is 26.4 Å². The fourth-order valence-corrected chi connectivity index (χ4v) is 2.95. The summed E-state index contributed by atoms with van der Waals surface area (Å²) in [5, 5.41) is 0. The topological polar surface area (TPSA) is 61.8 Å². The molecule has 0 fully saturated rings. The van der Waals surface area contributed by atoms with Gasteiger partial charge in [0.25, 0.3) is 0 Å². The van der Waals surface area contributed by atoms with E-state index < -0.39 is 0 Å². The molecule has 0 atom stereocenters. The van der Waals surface area contributed by atoms with Crippen LogP contribution < -0.4 is 0 Å². The number of carbonyl (C=O) groups excluding carboxylic acids is 2. The summed E-state index contributed by atoms with van der Waals surface area (Å²) in [6.07, 6.45) is 16.4. The third-order valence-corrected chi connectivity index (χ3v) is 4.70. The maximum Gasteiger partial charge on any atom is 0.305 e. The first kappa shape index (κ1) is 26.9. The highest BCUT2D eigenvalue weighted by Crippen LogP contribution is 2.10. The Bertz CT molecular complexity index is 357. The zero-order chi connectivity index (χ0) is 20.7. The minimum Gasteiger partial charge on any atom is -0.463 e. The average Bonchev–Trinajstić information content (AvgIpc) is 2.69. The second-order valence-corrected chi connectivity index (χ2v) is 7.44. The summed E-state index contributed by atoms with van der Waals surface area (Å²) >= 11 is 0. The van der Waals surface area contributed by atoms with Gasteiger partial charge >= 0.3 is 11.9 Å². The van der Waals surface area contributed by atoms with Crippen molar-refractivity contribution in [3.63, 3.8) is 0 Å². The van der Waals surface area contributed by atoms with E-state index in [-0.39, 0.29) is 25.2 Å². The van der Waals surface area contributed by atoms with Crippen LogP contribution in [0.25, 0.3) is 0 Å². The number of rotatable bonds is 21. The van der Waals surface area contributed by atoms with Crippen molar-refractivity contribution in [1.82, 2.24) is 0 Å². The Morgan fingerprint density at radius 2 is 0.857 bits per heavy atom.